The summed E-state index contributed by atoms with van der Waals surface area (Å²) in [6, 6.07) is 6.27. The van der Waals surface area contributed by atoms with Gasteiger partial charge in [-0.05, 0) is 91.2 Å². The minimum Gasteiger partial charge on any atom is -0.507 e. The average molecular weight is 410 g/mol. The molecule has 1 aromatic rings. The van der Waals surface area contributed by atoms with Crippen LogP contribution in [-0.2, 0) is 0 Å². The Kier molecular flexibility index (Phi) is 5.56. The molecule has 1 aromatic carbocycles. The molecule has 4 N–H and O–H groups in total. The molecule has 4 heteroatoms. The molecule has 2 saturated carbocycles. The van der Waals surface area contributed by atoms with Gasteiger partial charge < -0.3 is 15.9 Å². The van der Waals surface area contributed by atoms with Crippen molar-refractivity contribution in [3.05, 3.63) is 53.6 Å². The Bertz CT molecular complexity index is 875. The van der Waals surface area contributed by atoms with E-state index in [1.54, 1.807) is 17.7 Å². The fourth-order valence-electron chi connectivity index (χ4n) is 6.99. The Balaban J connectivity index is 0.000000185. The average Bonchev–Trinajstić information content (AvgIpc) is 3.03. The van der Waals surface area contributed by atoms with Crippen LogP contribution in [0.25, 0.3) is 0 Å². The van der Waals surface area contributed by atoms with Crippen LogP contribution in [0, 0.1) is 28.6 Å². The predicted octanol–water partition coefficient (Wildman–Crippen LogP) is 5.53. The highest BCUT2D eigenvalue weighted by Crippen LogP contribution is 2.63. The summed E-state index contributed by atoms with van der Waals surface area (Å²) in [5.74, 6) is 1.39. The largest absolute Gasteiger partial charge is 0.507 e. The van der Waals surface area contributed by atoms with Crippen LogP contribution in [0.3, 0.4) is 0 Å². The molecule has 162 valence electrons. The second-order valence-electron chi connectivity index (χ2n) is 10.2. The number of carbonyl (C=O) groups is 1. The Hall–Kier alpha value is -2.07. The topological polar surface area (TPSA) is 83.6 Å². The van der Waals surface area contributed by atoms with Gasteiger partial charge >= 0.3 is 5.97 Å². The van der Waals surface area contributed by atoms with Crippen molar-refractivity contribution in [1.82, 2.24) is 0 Å². The minimum absolute atomic E-state index is 0.0671. The standard InChI is InChI=1S/C19H29N.C7H6O3/c1-18-11-4-3-5-13(18)6-7-14-15-8-9-17(20)19(15,2)12-10-16(14)18;8-6-4-2-1-3-5(6)7(9)10/h3,5-6,14-17H,4,7-12,20H2,1-2H3;1-4,8H,(H,9,10)/t14-,15-,16-,17-,18-,19-;/m0./s1. The summed E-state index contributed by atoms with van der Waals surface area (Å²) >= 11 is 0. The van der Waals surface area contributed by atoms with E-state index >= 15 is 0 Å². The second kappa shape index (κ2) is 7.88. The van der Waals surface area contributed by atoms with Gasteiger partial charge in [0.05, 0.1) is 0 Å². The summed E-state index contributed by atoms with van der Waals surface area (Å²) in [6.45, 7) is 5.05. The zero-order valence-electron chi connectivity index (χ0n) is 18.2. The molecule has 0 aliphatic heterocycles. The molecule has 0 heterocycles. The molecular weight excluding hydrogens is 374 g/mol. The fourth-order valence-corrected chi connectivity index (χ4v) is 6.99. The van der Waals surface area contributed by atoms with E-state index in [1.807, 2.05) is 0 Å². The van der Waals surface area contributed by atoms with E-state index in [0.717, 1.165) is 17.8 Å². The van der Waals surface area contributed by atoms with Crippen LogP contribution in [0.4, 0.5) is 0 Å². The molecule has 4 nitrogen and oxygen atoms in total. The third kappa shape index (κ3) is 3.39. The van der Waals surface area contributed by atoms with Crippen molar-refractivity contribution < 1.29 is 15.0 Å². The highest BCUT2D eigenvalue weighted by Gasteiger charge is 2.57. The molecule has 4 aliphatic carbocycles. The van der Waals surface area contributed by atoms with Crippen LogP contribution in [0.2, 0.25) is 0 Å². The first-order valence-corrected chi connectivity index (χ1v) is 11.4. The maximum Gasteiger partial charge on any atom is 0.339 e. The lowest BCUT2D eigenvalue weighted by Crippen LogP contribution is -2.51. The van der Waals surface area contributed by atoms with Crippen molar-refractivity contribution in [2.24, 2.45) is 34.3 Å². The van der Waals surface area contributed by atoms with E-state index in [4.69, 9.17) is 15.9 Å². The number of carboxylic acids is 1. The number of phenols is 1. The number of nitrogens with two attached hydrogens (primary N) is 1. The molecule has 0 radical (unpaired) electrons. The summed E-state index contributed by atoms with van der Waals surface area (Å²) in [5.41, 5.74) is 8.97. The smallest absolute Gasteiger partial charge is 0.339 e. The summed E-state index contributed by atoms with van der Waals surface area (Å²) in [7, 11) is 0. The number of allylic oxidation sites excluding steroid dienone is 4. The Morgan fingerprint density at radius 2 is 1.87 bits per heavy atom. The van der Waals surface area contributed by atoms with Gasteiger partial charge in [0.25, 0.3) is 0 Å². The van der Waals surface area contributed by atoms with Crippen LogP contribution >= 0.6 is 0 Å². The number of benzene rings is 1. The van der Waals surface area contributed by atoms with Crippen molar-refractivity contribution in [3.63, 3.8) is 0 Å². The number of hydrogen-bond acceptors (Lipinski definition) is 3. The zero-order chi connectivity index (χ0) is 21.5. The first-order valence-electron chi connectivity index (χ1n) is 11.4. The minimum atomic E-state index is -1.11. The third-order valence-corrected chi connectivity index (χ3v) is 8.86. The number of rotatable bonds is 1. The molecule has 30 heavy (non-hydrogen) atoms. The maximum absolute atomic E-state index is 10.3. The highest BCUT2D eigenvalue weighted by atomic mass is 16.4. The number of hydrogen-bond donors (Lipinski definition) is 3. The number of carboxylic acid groups (broad SMARTS) is 1. The summed E-state index contributed by atoms with van der Waals surface area (Å²) in [4.78, 5) is 10.3. The van der Waals surface area contributed by atoms with E-state index in [1.165, 1.54) is 57.1 Å². The van der Waals surface area contributed by atoms with Crippen LogP contribution < -0.4 is 5.73 Å². The SMILES string of the molecule is C[C@]12CC[C@H]3[C@@H](CC=C4C=CCC[C@@]43C)[C@@H]1CC[C@@H]2N.O=C(O)c1ccccc1O. The molecule has 0 aromatic heterocycles. The quantitative estimate of drug-likeness (QED) is 0.569. The van der Waals surface area contributed by atoms with Crippen LogP contribution in [0.5, 0.6) is 5.75 Å². The Labute approximate surface area is 179 Å². The van der Waals surface area contributed by atoms with Gasteiger partial charge in [-0.1, -0.05) is 44.2 Å². The van der Waals surface area contributed by atoms with Gasteiger partial charge in [-0.3, -0.25) is 0 Å². The molecule has 5 rings (SSSR count). The van der Waals surface area contributed by atoms with Crippen LogP contribution in [0.1, 0.15) is 69.2 Å². The lowest BCUT2D eigenvalue weighted by atomic mass is 9.48. The highest BCUT2D eigenvalue weighted by molar-refractivity contribution is 5.90. The van der Waals surface area contributed by atoms with Crippen molar-refractivity contribution >= 4 is 5.97 Å². The predicted molar refractivity (Wildman–Crippen MR) is 119 cm³/mol. The maximum atomic E-state index is 10.3. The van der Waals surface area contributed by atoms with E-state index in [9.17, 15) is 4.79 Å². The Morgan fingerprint density at radius 1 is 1.10 bits per heavy atom. The second-order valence-corrected chi connectivity index (χ2v) is 10.2. The van der Waals surface area contributed by atoms with E-state index in [0.29, 0.717) is 16.9 Å². The number of aromatic carboxylic acids is 1. The van der Waals surface area contributed by atoms with Crippen molar-refractivity contribution in [3.8, 4) is 5.75 Å². The van der Waals surface area contributed by atoms with Gasteiger partial charge in [0.1, 0.15) is 11.3 Å². The van der Waals surface area contributed by atoms with Crippen LogP contribution in [-0.4, -0.2) is 22.2 Å². The molecule has 0 bridgehead atoms. The first-order chi connectivity index (χ1) is 14.3. The monoisotopic (exact) mass is 409 g/mol. The lowest BCUT2D eigenvalue weighted by molar-refractivity contribution is -0.0233. The van der Waals surface area contributed by atoms with Crippen molar-refractivity contribution in [2.75, 3.05) is 0 Å². The summed E-state index contributed by atoms with van der Waals surface area (Å²) in [6.07, 6.45) is 16.8. The normalized spacial score (nSPS) is 39.0. The first kappa shape index (κ1) is 21.2. The number of aromatic hydroxyl groups is 1. The van der Waals surface area contributed by atoms with Gasteiger partial charge in [-0.25, -0.2) is 4.79 Å². The van der Waals surface area contributed by atoms with E-state index < -0.39 is 5.97 Å². The summed E-state index contributed by atoms with van der Waals surface area (Å²) in [5, 5.41) is 17.3. The van der Waals surface area contributed by atoms with Crippen molar-refractivity contribution in [2.45, 2.75) is 64.8 Å². The van der Waals surface area contributed by atoms with Gasteiger partial charge in [0.2, 0.25) is 0 Å². The molecule has 0 spiro atoms. The van der Waals surface area contributed by atoms with E-state index in [2.05, 4.69) is 32.1 Å². The lowest BCUT2D eigenvalue weighted by Gasteiger charge is -2.56. The number of fused-ring (bicyclic) bond motifs is 5. The number of para-hydroxylation sites is 1. The molecule has 4 aliphatic rings. The van der Waals surface area contributed by atoms with Gasteiger partial charge in [-0.15, -0.1) is 0 Å². The third-order valence-electron chi connectivity index (χ3n) is 8.86. The molecule has 0 saturated heterocycles. The fraction of sp³-hybridized carbons (Fsp3) is 0.577. The molecule has 2 fully saturated rings. The van der Waals surface area contributed by atoms with Gasteiger partial charge in [0, 0.05) is 6.04 Å². The van der Waals surface area contributed by atoms with Gasteiger partial charge in [-0.2, -0.15) is 0 Å². The molecule has 0 unspecified atom stereocenters. The van der Waals surface area contributed by atoms with Crippen molar-refractivity contribution in [1.29, 1.82) is 0 Å². The molecule has 0 amide bonds. The molecule has 6 atom stereocenters. The Morgan fingerprint density at radius 3 is 2.57 bits per heavy atom. The zero-order valence-corrected chi connectivity index (χ0v) is 18.2. The van der Waals surface area contributed by atoms with E-state index in [-0.39, 0.29) is 11.3 Å². The molecular formula is C26H35NO3. The van der Waals surface area contributed by atoms with Crippen LogP contribution in [0.15, 0.2) is 48.1 Å². The van der Waals surface area contributed by atoms with Gasteiger partial charge in [0.15, 0.2) is 0 Å². The summed E-state index contributed by atoms with van der Waals surface area (Å²) < 4.78 is 0.